The van der Waals surface area contributed by atoms with E-state index in [1.54, 1.807) is 7.11 Å². The van der Waals surface area contributed by atoms with Crippen molar-refractivity contribution in [2.45, 2.75) is 25.7 Å². The summed E-state index contributed by atoms with van der Waals surface area (Å²) in [7, 11) is 1.63. The molecule has 1 saturated heterocycles. The summed E-state index contributed by atoms with van der Waals surface area (Å²) in [5.74, 6) is 1.84. The molecule has 1 aliphatic heterocycles. The van der Waals surface area contributed by atoms with Crippen molar-refractivity contribution in [2.24, 2.45) is 0 Å². The Kier molecular flexibility index (Phi) is 8.12. The van der Waals surface area contributed by atoms with Crippen LogP contribution in [-0.4, -0.2) is 61.5 Å². The first-order valence-electron chi connectivity index (χ1n) is 10.5. The zero-order valence-corrected chi connectivity index (χ0v) is 17.6. The molecule has 0 aromatic heterocycles. The number of hydrogen-bond acceptors (Lipinski definition) is 4. The van der Waals surface area contributed by atoms with Crippen LogP contribution < -0.4 is 9.47 Å². The summed E-state index contributed by atoms with van der Waals surface area (Å²) in [5, 5.41) is 0. The van der Waals surface area contributed by atoms with E-state index in [1.807, 2.05) is 64.4 Å². The zero-order valence-electron chi connectivity index (χ0n) is 17.6. The molecule has 3 rings (SSSR count). The van der Waals surface area contributed by atoms with Crippen LogP contribution in [0.3, 0.4) is 0 Å². The first-order chi connectivity index (χ1) is 14.7. The third-order valence-electron chi connectivity index (χ3n) is 5.26. The first kappa shape index (κ1) is 21.7. The lowest BCUT2D eigenvalue weighted by Crippen LogP contribution is -2.38. The molecule has 0 atom stereocenters. The van der Waals surface area contributed by atoms with Gasteiger partial charge in [0.25, 0.3) is 0 Å². The quantitative estimate of drug-likeness (QED) is 0.628. The van der Waals surface area contributed by atoms with E-state index in [9.17, 15) is 9.59 Å². The molecule has 1 heterocycles. The zero-order chi connectivity index (χ0) is 21.2. The lowest BCUT2D eigenvalue weighted by molar-refractivity contribution is -0.133. The minimum Gasteiger partial charge on any atom is -0.497 e. The topological polar surface area (TPSA) is 59.1 Å². The van der Waals surface area contributed by atoms with E-state index in [2.05, 4.69) is 0 Å². The van der Waals surface area contributed by atoms with E-state index >= 15 is 0 Å². The number of para-hydroxylation sites is 1. The van der Waals surface area contributed by atoms with E-state index in [1.165, 1.54) is 0 Å². The Morgan fingerprint density at radius 1 is 0.833 bits per heavy atom. The lowest BCUT2D eigenvalue weighted by Gasteiger charge is -2.22. The van der Waals surface area contributed by atoms with Gasteiger partial charge in [-0.25, -0.2) is 0 Å². The van der Waals surface area contributed by atoms with Gasteiger partial charge in [0, 0.05) is 32.6 Å². The maximum absolute atomic E-state index is 12.7. The summed E-state index contributed by atoms with van der Waals surface area (Å²) < 4.78 is 10.8. The molecule has 0 bridgehead atoms. The van der Waals surface area contributed by atoms with Crippen molar-refractivity contribution in [3.8, 4) is 11.5 Å². The summed E-state index contributed by atoms with van der Waals surface area (Å²) >= 11 is 0. The molecule has 30 heavy (non-hydrogen) atoms. The molecule has 0 spiro atoms. The number of rotatable bonds is 8. The van der Waals surface area contributed by atoms with Crippen molar-refractivity contribution in [1.82, 2.24) is 9.80 Å². The number of carbonyl (C=O) groups excluding carboxylic acids is 2. The standard InChI is InChI=1S/C24H30N2O4/c1-29-21-12-10-20(11-13-21)19-24(28)26-15-6-14-25(16-17-26)23(27)9-5-18-30-22-7-3-2-4-8-22/h2-4,7-8,10-13H,5-6,9,14-19H2,1H3. The van der Waals surface area contributed by atoms with E-state index in [4.69, 9.17) is 9.47 Å². The van der Waals surface area contributed by atoms with Gasteiger partial charge in [-0.2, -0.15) is 0 Å². The Bertz CT molecular complexity index is 808. The summed E-state index contributed by atoms with van der Waals surface area (Å²) in [6.07, 6.45) is 2.33. The number of amides is 2. The van der Waals surface area contributed by atoms with Gasteiger partial charge < -0.3 is 19.3 Å². The molecular weight excluding hydrogens is 380 g/mol. The molecular formula is C24H30N2O4. The van der Waals surface area contributed by atoms with Gasteiger partial charge in [-0.1, -0.05) is 30.3 Å². The second-order valence-electron chi connectivity index (χ2n) is 7.41. The predicted octanol–water partition coefficient (Wildman–Crippen LogP) is 3.16. The molecule has 0 saturated carbocycles. The van der Waals surface area contributed by atoms with Gasteiger partial charge in [0.1, 0.15) is 11.5 Å². The van der Waals surface area contributed by atoms with E-state index < -0.39 is 0 Å². The fraction of sp³-hybridized carbons (Fsp3) is 0.417. The number of hydrogen-bond donors (Lipinski definition) is 0. The Hall–Kier alpha value is -3.02. The van der Waals surface area contributed by atoms with Crippen LogP contribution >= 0.6 is 0 Å². The van der Waals surface area contributed by atoms with Crippen LogP contribution in [0.25, 0.3) is 0 Å². The minimum absolute atomic E-state index is 0.103. The molecule has 2 aromatic rings. The SMILES string of the molecule is COc1ccc(CC(=O)N2CCCN(C(=O)CCCOc3ccccc3)CC2)cc1. The third-order valence-corrected chi connectivity index (χ3v) is 5.26. The van der Waals surface area contributed by atoms with Crippen molar-refractivity contribution >= 4 is 11.8 Å². The van der Waals surface area contributed by atoms with Crippen LogP contribution in [-0.2, 0) is 16.0 Å². The van der Waals surface area contributed by atoms with E-state index in [0.717, 1.165) is 23.5 Å². The fourth-order valence-electron chi connectivity index (χ4n) is 3.53. The summed E-state index contributed by atoms with van der Waals surface area (Å²) in [5.41, 5.74) is 0.969. The molecule has 1 fully saturated rings. The molecule has 0 radical (unpaired) electrons. The smallest absolute Gasteiger partial charge is 0.227 e. The molecule has 0 N–H and O–H groups in total. The number of nitrogens with zero attached hydrogens (tertiary/aromatic N) is 2. The van der Waals surface area contributed by atoms with Crippen LogP contribution in [0.4, 0.5) is 0 Å². The largest absolute Gasteiger partial charge is 0.497 e. The number of methoxy groups -OCH3 is 1. The van der Waals surface area contributed by atoms with Gasteiger partial charge in [-0.3, -0.25) is 9.59 Å². The summed E-state index contributed by atoms with van der Waals surface area (Å²) in [4.78, 5) is 29.0. The van der Waals surface area contributed by atoms with Crippen LogP contribution in [0.15, 0.2) is 54.6 Å². The van der Waals surface area contributed by atoms with Crippen molar-refractivity contribution < 1.29 is 19.1 Å². The molecule has 6 heteroatoms. The maximum Gasteiger partial charge on any atom is 0.227 e. The highest BCUT2D eigenvalue weighted by molar-refractivity contribution is 5.79. The predicted molar refractivity (Wildman–Crippen MR) is 116 cm³/mol. The van der Waals surface area contributed by atoms with E-state index in [-0.39, 0.29) is 11.8 Å². The fourth-order valence-corrected chi connectivity index (χ4v) is 3.53. The molecule has 2 amide bonds. The average Bonchev–Trinajstić information content (AvgIpc) is 3.04. The van der Waals surface area contributed by atoms with Crippen LogP contribution in [0.1, 0.15) is 24.8 Å². The second kappa shape index (κ2) is 11.2. The highest BCUT2D eigenvalue weighted by Crippen LogP contribution is 2.14. The monoisotopic (exact) mass is 410 g/mol. The minimum atomic E-state index is 0.103. The highest BCUT2D eigenvalue weighted by Gasteiger charge is 2.22. The highest BCUT2D eigenvalue weighted by atomic mass is 16.5. The maximum atomic E-state index is 12.7. The molecule has 6 nitrogen and oxygen atoms in total. The van der Waals surface area contributed by atoms with Crippen molar-refractivity contribution in [2.75, 3.05) is 39.9 Å². The average molecular weight is 411 g/mol. The third kappa shape index (κ3) is 6.51. The van der Waals surface area contributed by atoms with Crippen molar-refractivity contribution in [1.29, 1.82) is 0 Å². The Labute approximate surface area is 178 Å². The number of benzene rings is 2. The molecule has 0 aliphatic carbocycles. The summed E-state index contributed by atoms with van der Waals surface area (Å²) in [6, 6.07) is 17.2. The normalized spacial score (nSPS) is 14.2. The van der Waals surface area contributed by atoms with Gasteiger partial charge in [-0.05, 0) is 42.7 Å². The summed E-state index contributed by atoms with van der Waals surface area (Å²) in [6.45, 7) is 3.09. The van der Waals surface area contributed by atoms with E-state index in [0.29, 0.717) is 52.0 Å². The van der Waals surface area contributed by atoms with Gasteiger partial charge in [0.05, 0.1) is 20.1 Å². The molecule has 2 aromatic carbocycles. The second-order valence-corrected chi connectivity index (χ2v) is 7.41. The van der Waals surface area contributed by atoms with Gasteiger partial charge in [-0.15, -0.1) is 0 Å². The number of ether oxygens (including phenoxy) is 2. The van der Waals surface area contributed by atoms with Crippen molar-refractivity contribution in [3.05, 3.63) is 60.2 Å². The Morgan fingerprint density at radius 2 is 1.50 bits per heavy atom. The molecule has 0 unspecified atom stereocenters. The molecule has 1 aliphatic rings. The van der Waals surface area contributed by atoms with Gasteiger partial charge >= 0.3 is 0 Å². The number of carbonyl (C=O) groups is 2. The lowest BCUT2D eigenvalue weighted by atomic mass is 10.1. The van der Waals surface area contributed by atoms with Gasteiger partial charge in [0.2, 0.25) is 11.8 Å². The van der Waals surface area contributed by atoms with Gasteiger partial charge in [0.15, 0.2) is 0 Å². The van der Waals surface area contributed by atoms with Crippen LogP contribution in [0, 0.1) is 0 Å². The Balaban J connectivity index is 1.39. The van der Waals surface area contributed by atoms with Crippen LogP contribution in [0.5, 0.6) is 11.5 Å². The van der Waals surface area contributed by atoms with Crippen LogP contribution in [0.2, 0.25) is 0 Å². The van der Waals surface area contributed by atoms with Crippen molar-refractivity contribution in [3.63, 3.8) is 0 Å². The Morgan fingerprint density at radius 3 is 2.17 bits per heavy atom. The molecule has 160 valence electrons. The first-order valence-corrected chi connectivity index (χ1v) is 10.5.